The Bertz CT molecular complexity index is 2320. The molecule has 7 atom stereocenters. The monoisotopic (exact) mass is 886 g/mol. The predicted molar refractivity (Wildman–Crippen MR) is 237 cm³/mol. The first-order chi connectivity index (χ1) is 30.0. The number of amides is 3. The second kappa shape index (κ2) is 18.9. The maximum atomic E-state index is 16.6. The smallest absolute Gasteiger partial charge is 0.355 e. The molecule has 2 N–H and O–H groups in total. The summed E-state index contributed by atoms with van der Waals surface area (Å²) in [5.74, 6) is -2.86. The molecule has 0 saturated carbocycles. The number of halogens is 1. The highest BCUT2D eigenvalue weighted by atomic mass is 32.1. The van der Waals surface area contributed by atoms with Gasteiger partial charge >= 0.3 is 13.5 Å². The number of carbonyl (C=O) groups excluding carboxylic acids is 4. The molecule has 3 amide bonds. The van der Waals surface area contributed by atoms with Crippen LogP contribution in [0.25, 0.3) is 10.1 Å². The average molecular weight is 887 g/mol. The molecule has 2 aromatic heterocycles. The van der Waals surface area contributed by atoms with E-state index in [-0.39, 0.29) is 41.7 Å². The highest BCUT2D eigenvalue weighted by molar-refractivity contribution is 7.57. The molecule has 1 unspecified atom stereocenters. The lowest BCUT2D eigenvalue weighted by Crippen LogP contribution is -2.60. The van der Waals surface area contributed by atoms with Crippen molar-refractivity contribution in [2.75, 3.05) is 37.7 Å². The van der Waals surface area contributed by atoms with Gasteiger partial charge in [0.2, 0.25) is 17.7 Å². The van der Waals surface area contributed by atoms with E-state index in [4.69, 9.17) is 9.26 Å². The van der Waals surface area contributed by atoms with Crippen LogP contribution in [0.2, 0.25) is 0 Å². The van der Waals surface area contributed by atoms with E-state index < -0.39 is 43.4 Å². The van der Waals surface area contributed by atoms with Crippen molar-refractivity contribution in [3.05, 3.63) is 89.1 Å². The third kappa shape index (κ3) is 9.12. The summed E-state index contributed by atoms with van der Waals surface area (Å²) in [5, 5.41) is 6.17. The summed E-state index contributed by atoms with van der Waals surface area (Å²) in [4.78, 5) is 66.1. The number of nitrogens with zero attached hydrogens (tertiary/aromatic N) is 4. The molecule has 4 aliphatic heterocycles. The van der Waals surface area contributed by atoms with E-state index in [1.165, 1.54) is 48.1 Å². The van der Waals surface area contributed by atoms with Crippen molar-refractivity contribution in [3.8, 4) is 5.75 Å². The number of hydrogen-bond donors (Lipinski definition) is 2. The molecule has 4 saturated heterocycles. The molecule has 13 nitrogen and oxygen atoms in total. The summed E-state index contributed by atoms with van der Waals surface area (Å²) in [7, 11) is -4.45. The van der Waals surface area contributed by atoms with Crippen LogP contribution in [0, 0.1) is 5.92 Å². The summed E-state index contributed by atoms with van der Waals surface area (Å²) in [6.45, 7) is 8.83. The van der Waals surface area contributed by atoms with Gasteiger partial charge in [-0.15, -0.1) is 11.3 Å². The Kier molecular flexibility index (Phi) is 13.3. The number of likely N-dealkylation sites (tertiary alicyclic amines) is 1. The Morgan fingerprint density at radius 3 is 2.53 bits per heavy atom. The fourth-order valence-corrected chi connectivity index (χ4v) is 12.1. The number of aromatic nitrogens is 1. The summed E-state index contributed by atoms with van der Waals surface area (Å²) in [6, 6.07) is 13.9. The lowest BCUT2D eigenvalue weighted by Gasteiger charge is -2.45. The van der Waals surface area contributed by atoms with Crippen molar-refractivity contribution in [2.24, 2.45) is 5.92 Å². The number of hydrogen-bond acceptors (Lipinski definition) is 10. The SMILES string of the molecule is CCCOC(=O)[C@H](C)NP(=O)(Oc1ccccc1)[C@@H](F)c1ccc2sc(C(=O)N[C@H]3CC[C@@H](CC)C[C@H]4CC[C@@H](C(=O)N5CC(c6cnccc6N6CCC6)C5)N4C3=O)cc2c1. The second-order valence-electron chi connectivity index (χ2n) is 17.1. The Morgan fingerprint density at radius 2 is 1.81 bits per heavy atom. The molecule has 6 heterocycles. The second-order valence-corrected chi connectivity index (χ2v) is 20.3. The van der Waals surface area contributed by atoms with E-state index in [1.807, 2.05) is 24.2 Å². The number of nitrogens with one attached hydrogen (secondary N) is 2. The minimum Gasteiger partial charge on any atom is -0.465 e. The number of alkyl halides is 1. The summed E-state index contributed by atoms with van der Waals surface area (Å²) in [6.07, 6.45) is 9.84. The van der Waals surface area contributed by atoms with Crippen LogP contribution in [-0.4, -0.2) is 95.4 Å². The molecule has 4 fully saturated rings. The molecule has 0 bridgehead atoms. The first-order valence-corrected chi connectivity index (χ1v) is 24.5. The third-order valence-corrected chi connectivity index (χ3v) is 16.1. The topological polar surface area (TPSA) is 150 Å². The molecule has 2 aromatic carbocycles. The first-order valence-electron chi connectivity index (χ1n) is 22.0. The first kappa shape index (κ1) is 43.8. The lowest BCUT2D eigenvalue weighted by atomic mass is 9.87. The van der Waals surface area contributed by atoms with Gasteiger partial charge < -0.3 is 29.3 Å². The van der Waals surface area contributed by atoms with Gasteiger partial charge in [0.05, 0.1) is 11.5 Å². The maximum Gasteiger partial charge on any atom is 0.355 e. The number of para-hydroxylation sites is 1. The number of rotatable bonds is 15. The van der Waals surface area contributed by atoms with E-state index >= 15 is 4.39 Å². The predicted octanol–water partition coefficient (Wildman–Crippen LogP) is 7.97. The zero-order chi connectivity index (χ0) is 43.5. The van der Waals surface area contributed by atoms with Gasteiger partial charge in [-0.1, -0.05) is 44.5 Å². The highest BCUT2D eigenvalue weighted by Gasteiger charge is 2.48. The van der Waals surface area contributed by atoms with E-state index in [0.717, 1.165) is 38.8 Å². The summed E-state index contributed by atoms with van der Waals surface area (Å²) in [5.41, 5.74) is 2.40. The number of anilines is 1. The number of carbonyl (C=O) groups is 4. The van der Waals surface area contributed by atoms with Crippen LogP contribution in [0.3, 0.4) is 0 Å². The van der Waals surface area contributed by atoms with Crippen LogP contribution in [0.5, 0.6) is 5.75 Å². The van der Waals surface area contributed by atoms with Gasteiger partial charge in [-0.05, 0) is 105 Å². The molecule has 8 rings (SSSR count). The molecule has 16 heteroatoms. The van der Waals surface area contributed by atoms with Gasteiger partial charge in [0.1, 0.15) is 23.9 Å². The van der Waals surface area contributed by atoms with E-state index in [1.54, 1.807) is 47.4 Å². The Balaban J connectivity index is 0.971. The van der Waals surface area contributed by atoms with Crippen LogP contribution >= 0.6 is 18.9 Å². The van der Waals surface area contributed by atoms with Crippen LogP contribution in [0.4, 0.5) is 10.1 Å². The fourth-order valence-electron chi connectivity index (χ4n) is 9.20. The Hall–Kier alpha value is -4.85. The van der Waals surface area contributed by atoms with Crippen molar-refractivity contribution in [3.63, 3.8) is 0 Å². The van der Waals surface area contributed by atoms with Gasteiger partial charge in [0, 0.05) is 66.5 Å². The molecular weight excluding hydrogens is 831 g/mol. The fraction of sp³-hybridized carbons (Fsp3) is 0.500. The normalized spacial score (nSPS) is 23.5. The van der Waals surface area contributed by atoms with Gasteiger partial charge in [-0.25, -0.2) is 9.48 Å². The number of thiophene rings is 1. The molecule has 4 aromatic rings. The van der Waals surface area contributed by atoms with Crippen LogP contribution in [0.1, 0.15) is 105 Å². The molecular formula is C46H56FN6O7PS. The lowest BCUT2D eigenvalue weighted by molar-refractivity contribution is -0.150. The van der Waals surface area contributed by atoms with Gasteiger partial charge in [0.15, 0.2) is 0 Å². The zero-order valence-electron chi connectivity index (χ0n) is 35.5. The number of ether oxygens (including phenoxy) is 1. The Labute approximate surface area is 366 Å². The minimum atomic E-state index is -4.45. The van der Waals surface area contributed by atoms with Crippen LogP contribution < -0.4 is 19.8 Å². The Morgan fingerprint density at radius 1 is 1.02 bits per heavy atom. The molecule has 4 aliphatic rings. The molecule has 330 valence electrons. The average Bonchev–Trinajstić information content (AvgIpc) is 3.86. The number of esters is 1. The van der Waals surface area contributed by atoms with Gasteiger partial charge in [0.25, 0.3) is 5.91 Å². The number of pyridine rings is 1. The molecule has 62 heavy (non-hydrogen) atoms. The minimum absolute atomic E-state index is 0.0311. The zero-order valence-corrected chi connectivity index (χ0v) is 37.3. The molecule has 0 spiro atoms. The maximum absolute atomic E-state index is 16.6. The third-order valence-electron chi connectivity index (χ3n) is 12.8. The largest absolute Gasteiger partial charge is 0.465 e. The summed E-state index contributed by atoms with van der Waals surface area (Å²) >= 11 is 1.20. The number of fused-ring (bicyclic) bond motifs is 2. The van der Waals surface area contributed by atoms with E-state index in [9.17, 15) is 23.7 Å². The van der Waals surface area contributed by atoms with Crippen molar-refractivity contribution >= 4 is 58.3 Å². The van der Waals surface area contributed by atoms with Crippen LogP contribution in [0.15, 0.2) is 73.1 Å². The highest BCUT2D eigenvalue weighted by Crippen LogP contribution is 2.58. The van der Waals surface area contributed by atoms with Gasteiger partial charge in [-0.3, -0.25) is 28.7 Å². The van der Waals surface area contributed by atoms with Crippen LogP contribution in [-0.2, 0) is 23.7 Å². The molecule has 0 radical (unpaired) electrons. The molecule has 0 aliphatic carbocycles. The standard InChI is InChI=1S/C46H56FN6O7PS/c1-4-22-59-46(57)29(3)50-61(58,60-35-10-7-6-8-11-35)42(47)31-13-17-40-32(24-31)25-41(62-40)43(54)49-37-15-12-30(5-2)23-34-14-16-39(53(34)44(37)55)45(56)52-27-33(28-52)36-26-48-19-18-38(36)51-20-9-21-51/h6-8,10-11,13,17-19,24-26,29-30,33-34,37,39,42H,4-5,9,12,14-16,20-23,27-28H2,1-3H3,(H,49,54)(H,50,58)/t29-,30+,34+,37-,39-,42+,61?/m0/s1. The van der Waals surface area contributed by atoms with E-state index in [2.05, 4.69) is 33.3 Å². The quantitative estimate of drug-likeness (QED) is 0.0889. The summed E-state index contributed by atoms with van der Waals surface area (Å²) < 4.78 is 42.6. The number of benzene rings is 2. The van der Waals surface area contributed by atoms with Gasteiger partial charge in [-0.2, -0.15) is 0 Å². The van der Waals surface area contributed by atoms with E-state index in [0.29, 0.717) is 53.2 Å². The van der Waals surface area contributed by atoms with Crippen molar-refractivity contribution in [1.29, 1.82) is 0 Å². The van der Waals surface area contributed by atoms with Crippen molar-refractivity contribution < 1.29 is 37.4 Å². The van der Waals surface area contributed by atoms with Crippen molar-refractivity contribution in [2.45, 2.75) is 108 Å². The van der Waals surface area contributed by atoms with Crippen molar-refractivity contribution in [1.82, 2.24) is 25.2 Å².